The zero-order chi connectivity index (χ0) is 17.1. The van der Waals surface area contributed by atoms with E-state index in [0.29, 0.717) is 0 Å². The predicted octanol–water partition coefficient (Wildman–Crippen LogP) is 3.79. The van der Waals surface area contributed by atoms with Crippen molar-refractivity contribution >= 4 is 34.7 Å². The molecule has 0 saturated carbocycles. The van der Waals surface area contributed by atoms with Crippen LogP contribution in [0.1, 0.15) is 11.3 Å². The molecule has 0 bridgehead atoms. The van der Waals surface area contributed by atoms with Crippen molar-refractivity contribution in [1.82, 2.24) is 9.97 Å². The van der Waals surface area contributed by atoms with E-state index in [4.69, 9.17) is 4.98 Å². The lowest BCUT2D eigenvalue weighted by atomic mass is 9.79. The molecule has 1 atom stereocenters. The molecule has 0 fully saturated rings. The molecule has 3 aromatic rings. The van der Waals surface area contributed by atoms with Gasteiger partial charge in [0.2, 0.25) is 0 Å². The molecular formula is C21H13N5. The summed E-state index contributed by atoms with van der Waals surface area (Å²) in [7, 11) is 0. The first-order valence-electron chi connectivity index (χ1n) is 8.49. The van der Waals surface area contributed by atoms with Crippen LogP contribution in [0.5, 0.6) is 0 Å². The summed E-state index contributed by atoms with van der Waals surface area (Å²) < 4.78 is 0. The zero-order valence-corrected chi connectivity index (χ0v) is 13.7. The summed E-state index contributed by atoms with van der Waals surface area (Å²) in [5.74, 6) is 0. The van der Waals surface area contributed by atoms with E-state index in [-0.39, 0.29) is 0 Å². The molecule has 3 aliphatic rings. The molecule has 0 radical (unpaired) electrons. The molecule has 4 heterocycles. The fraction of sp³-hybridized carbons (Fsp3) is 0.0476. The van der Waals surface area contributed by atoms with E-state index < -0.39 is 5.54 Å². The summed E-state index contributed by atoms with van der Waals surface area (Å²) in [6.07, 6.45) is 9.38. The Balaban J connectivity index is 1.51. The van der Waals surface area contributed by atoms with E-state index in [2.05, 4.69) is 44.2 Å². The number of benzene rings is 1. The molecule has 1 aliphatic carbocycles. The SMILES string of the molecule is C1=CC2=NC=NC23C=Cc2nc(-c4cc5ccccc5[nH]4)ccc2C3=N1. The third kappa shape index (κ3) is 1.69. The monoisotopic (exact) mass is 335 g/mol. The number of aromatic nitrogens is 2. The lowest BCUT2D eigenvalue weighted by Crippen LogP contribution is -2.44. The van der Waals surface area contributed by atoms with E-state index in [1.165, 1.54) is 5.39 Å². The van der Waals surface area contributed by atoms with Crippen molar-refractivity contribution in [2.75, 3.05) is 0 Å². The molecule has 5 heteroatoms. The van der Waals surface area contributed by atoms with Crippen LogP contribution in [0.25, 0.3) is 28.4 Å². The summed E-state index contributed by atoms with van der Waals surface area (Å²) >= 11 is 0. The second-order valence-electron chi connectivity index (χ2n) is 6.55. The molecule has 122 valence electrons. The van der Waals surface area contributed by atoms with Crippen LogP contribution in [-0.2, 0) is 0 Å². The van der Waals surface area contributed by atoms with Crippen LogP contribution in [0.3, 0.4) is 0 Å². The molecular weight excluding hydrogens is 322 g/mol. The number of fused-ring (bicyclic) bond motifs is 3. The molecule has 5 nitrogen and oxygen atoms in total. The topological polar surface area (TPSA) is 65.8 Å². The highest BCUT2D eigenvalue weighted by atomic mass is 15.1. The number of rotatable bonds is 1. The van der Waals surface area contributed by atoms with E-state index in [0.717, 1.165) is 39.6 Å². The largest absolute Gasteiger partial charge is 0.353 e. The first-order valence-corrected chi connectivity index (χ1v) is 8.49. The summed E-state index contributed by atoms with van der Waals surface area (Å²) in [4.78, 5) is 21.9. The minimum absolute atomic E-state index is 0.577. The van der Waals surface area contributed by atoms with Gasteiger partial charge in [0.15, 0.2) is 5.54 Å². The van der Waals surface area contributed by atoms with Crippen molar-refractivity contribution in [2.45, 2.75) is 5.54 Å². The Kier molecular flexibility index (Phi) is 2.48. The highest BCUT2D eigenvalue weighted by Crippen LogP contribution is 2.35. The first kappa shape index (κ1) is 13.7. The van der Waals surface area contributed by atoms with E-state index >= 15 is 0 Å². The maximum atomic E-state index is 4.87. The molecule has 26 heavy (non-hydrogen) atoms. The highest BCUT2D eigenvalue weighted by Gasteiger charge is 2.44. The normalized spacial score (nSPS) is 22.0. The van der Waals surface area contributed by atoms with Gasteiger partial charge in [0, 0.05) is 22.7 Å². The fourth-order valence-electron chi connectivity index (χ4n) is 3.83. The molecule has 0 amide bonds. The lowest BCUT2D eigenvalue weighted by molar-refractivity contribution is 0.940. The van der Waals surface area contributed by atoms with Crippen LogP contribution in [0, 0.1) is 0 Å². The average molecular weight is 335 g/mol. The number of aromatic amines is 1. The molecule has 2 aliphatic heterocycles. The number of pyridine rings is 1. The predicted molar refractivity (Wildman–Crippen MR) is 105 cm³/mol. The van der Waals surface area contributed by atoms with Crippen LogP contribution in [0.4, 0.5) is 0 Å². The Labute approximate surface area is 149 Å². The Morgan fingerprint density at radius 1 is 0.962 bits per heavy atom. The van der Waals surface area contributed by atoms with Gasteiger partial charge in [-0.15, -0.1) is 0 Å². The van der Waals surface area contributed by atoms with Crippen molar-refractivity contribution in [3.05, 3.63) is 72.1 Å². The zero-order valence-electron chi connectivity index (χ0n) is 13.7. The van der Waals surface area contributed by atoms with Crippen molar-refractivity contribution in [1.29, 1.82) is 0 Å². The van der Waals surface area contributed by atoms with Crippen molar-refractivity contribution in [3.8, 4) is 11.4 Å². The third-order valence-electron chi connectivity index (χ3n) is 5.11. The van der Waals surface area contributed by atoms with Crippen LogP contribution in [0.2, 0.25) is 0 Å². The summed E-state index contributed by atoms with van der Waals surface area (Å²) in [5.41, 5.74) is 6.16. The molecule has 6 rings (SSSR count). The van der Waals surface area contributed by atoms with Gasteiger partial charge in [-0.25, -0.2) is 15.0 Å². The summed E-state index contributed by atoms with van der Waals surface area (Å²) in [6, 6.07) is 14.5. The Morgan fingerprint density at radius 3 is 2.88 bits per heavy atom. The number of H-pyrrole nitrogens is 1. The number of hydrogen-bond donors (Lipinski definition) is 1. The average Bonchev–Trinajstić information content (AvgIpc) is 3.30. The molecule has 1 aromatic carbocycles. The first-order chi connectivity index (χ1) is 12.8. The summed E-state index contributed by atoms with van der Waals surface area (Å²) in [6.45, 7) is 0. The van der Waals surface area contributed by atoms with Gasteiger partial charge in [-0.2, -0.15) is 0 Å². The number of hydrogen-bond acceptors (Lipinski definition) is 4. The third-order valence-corrected chi connectivity index (χ3v) is 5.11. The quantitative estimate of drug-likeness (QED) is 0.722. The number of nitrogens with zero attached hydrogens (tertiary/aromatic N) is 4. The smallest absolute Gasteiger partial charge is 0.165 e. The fourth-order valence-corrected chi connectivity index (χ4v) is 3.83. The van der Waals surface area contributed by atoms with Crippen LogP contribution in [0.15, 0.2) is 75.8 Å². The van der Waals surface area contributed by atoms with Gasteiger partial charge in [-0.05, 0) is 42.5 Å². The van der Waals surface area contributed by atoms with Gasteiger partial charge in [-0.1, -0.05) is 18.2 Å². The van der Waals surface area contributed by atoms with Gasteiger partial charge in [0.25, 0.3) is 0 Å². The second-order valence-corrected chi connectivity index (χ2v) is 6.55. The van der Waals surface area contributed by atoms with E-state index in [9.17, 15) is 0 Å². The molecule has 2 aromatic heterocycles. The van der Waals surface area contributed by atoms with Crippen LogP contribution < -0.4 is 0 Å². The highest BCUT2D eigenvalue weighted by molar-refractivity contribution is 6.33. The Morgan fingerprint density at radius 2 is 1.92 bits per heavy atom. The molecule has 1 spiro atoms. The minimum atomic E-state index is -0.577. The van der Waals surface area contributed by atoms with E-state index in [1.807, 2.05) is 36.4 Å². The van der Waals surface area contributed by atoms with Gasteiger partial charge in [0.05, 0.1) is 28.5 Å². The standard InChI is InChI=1S/C21H13N5/c1-2-4-15-13(3-1)11-18(25-15)17-6-5-14-16(26-17)7-9-21-19(23-12-24-21)8-10-22-20(14)21/h1-12,25H. The Hall–Kier alpha value is -3.60. The number of aliphatic imine (C=N–C) groups is 3. The maximum Gasteiger partial charge on any atom is 0.165 e. The van der Waals surface area contributed by atoms with Crippen LogP contribution >= 0.6 is 0 Å². The van der Waals surface area contributed by atoms with Gasteiger partial charge in [0.1, 0.15) is 6.34 Å². The Bertz CT molecular complexity index is 1210. The van der Waals surface area contributed by atoms with Crippen molar-refractivity contribution in [3.63, 3.8) is 0 Å². The van der Waals surface area contributed by atoms with Crippen LogP contribution in [-0.4, -0.2) is 33.3 Å². The lowest BCUT2D eigenvalue weighted by Gasteiger charge is -2.31. The molecule has 1 unspecified atom stereocenters. The second kappa shape index (κ2) is 4.73. The number of nitrogens with one attached hydrogen (secondary N) is 1. The van der Waals surface area contributed by atoms with Crippen molar-refractivity contribution < 1.29 is 0 Å². The maximum absolute atomic E-state index is 4.87. The molecule has 1 N–H and O–H groups in total. The van der Waals surface area contributed by atoms with E-state index in [1.54, 1.807) is 12.5 Å². The minimum Gasteiger partial charge on any atom is -0.353 e. The van der Waals surface area contributed by atoms with Gasteiger partial charge in [-0.3, -0.25) is 4.99 Å². The summed E-state index contributed by atoms with van der Waals surface area (Å²) in [5, 5.41) is 1.18. The van der Waals surface area contributed by atoms with Crippen molar-refractivity contribution in [2.24, 2.45) is 15.0 Å². The van der Waals surface area contributed by atoms with Gasteiger partial charge < -0.3 is 4.98 Å². The van der Waals surface area contributed by atoms with Gasteiger partial charge >= 0.3 is 0 Å². The molecule has 0 saturated heterocycles. The number of para-hydroxylation sites is 1.